The van der Waals surface area contributed by atoms with Crippen molar-refractivity contribution in [3.8, 4) is 11.1 Å². The minimum Gasteiger partial charge on any atom is -0.352 e. The van der Waals surface area contributed by atoms with Crippen LogP contribution in [0.3, 0.4) is 0 Å². The third kappa shape index (κ3) is 5.35. The topological polar surface area (TPSA) is 78.4 Å². The average molecular weight is 429 g/mol. The zero-order valence-corrected chi connectivity index (χ0v) is 16.8. The van der Waals surface area contributed by atoms with E-state index in [0.717, 1.165) is 16.7 Å². The van der Waals surface area contributed by atoms with Gasteiger partial charge in [0.1, 0.15) is 0 Å². The van der Waals surface area contributed by atoms with Crippen molar-refractivity contribution < 1.29 is 14.8 Å². The van der Waals surface area contributed by atoms with Gasteiger partial charge in [-0.15, -0.1) is 0 Å². The third-order valence-corrected chi connectivity index (χ3v) is 5.11. The summed E-state index contributed by atoms with van der Waals surface area (Å²) < 4.78 is 0. The monoisotopic (exact) mass is 428 g/mol. The zero-order valence-electron chi connectivity index (χ0n) is 15.3. The molecule has 0 aliphatic rings. The molecule has 0 unspecified atom stereocenters. The van der Waals surface area contributed by atoms with E-state index in [1.807, 2.05) is 18.2 Å². The number of carbonyl (C=O) groups excluding carboxylic acids is 2. The van der Waals surface area contributed by atoms with Gasteiger partial charge in [-0.3, -0.25) is 14.8 Å². The van der Waals surface area contributed by atoms with E-state index in [1.165, 1.54) is 0 Å². The Morgan fingerprint density at radius 3 is 2.00 bits per heavy atom. The van der Waals surface area contributed by atoms with Gasteiger partial charge in [-0.05, 0) is 59.5 Å². The molecule has 5 nitrogen and oxygen atoms in total. The van der Waals surface area contributed by atoms with Crippen molar-refractivity contribution in [1.82, 2.24) is 10.8 Å². The lowest BCUT2D eigenvalue weighted by molar-refractivity contribution is 0.0706. The molecule has 29 heavy (non-hydrogen) atoms. The second-order valence-corrected chi connectivity index (χ2v) is 7.17. The van der Waals surface area contributed by atoms with Crippen LogP contribution in [0.5, 0.6) is 0 Å². The quantitative estimate of drug-likeness (QED) is 0.391. The molecule has 3 aromatic rings. The average Bonchev–Trinajstić information content (AvgIpc) is 2.75. The maximum absolute atomic E-state index is 12.5. The van der Waals surface area contributed by atoms with Gasteiger partial charge >= 0.3 is 0 Å². The molecule has 0 saturated carbocycles. The van der Waals surface area contributed by atoms with Gasteiger partial charge in [0.2, 0.25) is 0 Å². The van der Waals surface area contributed by atoms with Gasteiger partial charge in [-0.25, -0.2) is 5.48 Å². The molecular weight excluding hydrogens is 411 g/mol. The molecule has 0 aliphatic carbocycles. The maximum Gasteiger partial charge on any atom is 0.274 e. The fourth-order valence-corrected chi connectivity index (χ4v) is 3.18. The summed E-state index contributed by atoms with van der Waals surface area (Å²) in [5, 5.41) is 12.7. The number of amides is 2. The Labute approximate surface area is 178 Å². The molecule has 2 amide bonds. The number of rotatable bonds is 6. The van der Waals surface area contributed by atoms with Crippen molar-refractivity contribution in [2.75, 3.05) is 6.54 Å². The highest BCUT2D eigenvalue weighted by molar-refractivity contribution is 6.42. The van der Waals surface area contributed by atoms with E-state index in [-0.39, 0.29) is 5.91 Å². The van der Waals surface area contributed by atoms with Gasteiger partial charge in [0.05, 0.1) is 10.0 Å². The largest absolute Gasteiger partial charge is 0.352 e. The molecule has 148 valence electrons. The second-order valence-electron chi connectivity index (χ2n) is 6.36. The maximum atomic E-state index is 12.5. The van der Waals surface area contributed by atoms with Crippen molar-refractivity contribution >= 4 is 35.0 Å². The number of hydrogen-bond acceptors (Lipinski definition) is 3. The summed E-state index contributed by atoms with van der Waals surface area (Å²) in [7, 11) is 0. The minimum atomic E-state index is -0.594. The van der Waals surface area contributed by atoms with E-state index < -0.39 is 5.91 Å². The van der Waals surface area contributed by atoms with Gasteiger partial charge in [0.25, 0.3) is 11.8 Å². The molecule has 0 atom stereocenters. The van der Waals surface area contributed by atoms with Crippen LogP contribution < -0.4 is 10.8 Å². The number of carbonyl (C=O) groups is 2. The summed E-state index contributed by atoms with van der Waals surface area (Å²) in [6, 6.07) is 19.3. The Hall–Kier alpha value is -2.86. The van der Waals surface area contributed by atoms with Crippen LogP contribution in [-0.2, 0) is 6.42 Å². The molecule has 0 saturated heterocycles. The second kappa shape index (κ2) is 9.56. The molecule has 0 spiro atoms. The summed E-state index contributed by atoms with van der Waals surface area (Å²) in [5.74, 6) is -0.792. The lowest BCUT2D eigenvalue weighted by atomic mass is 10.0. The summed E-state index contributed by atoms with van der Waals surface area (Å²) in [5.41, 5.74) is 4.97. The molecule has 3 N–H and O–H groups in total. The van der Waals surface area contributed by atoms with E-state index in [2.05, 4.69) is 5.32 Å². The Balaban J connectivity index is 1.68. The fourth-order valence-electron chi connectivity index (χ4n) is 2.86. The SMILES string of the molecule is O=C(NO)c1cccc(-c2cccc(C(=O)NCCc3ccc(Cl)c(Cl)c3)c2)c1. The predicted octanol–water partition coefficient (Wildman–Crippen LogP) is 4.75. The highest BCUT2D eigenvalue weighted by atomic mass is 35.5. The van der Waals surface area contributed by atoms with Gasteiger partial charge < -0.3 is 5.32 Å². The first-order valence-corrected chi connectivity index (χ1v) is 9.60. The van der Waals surface area contributed by atoms with E-state index in [0.29, 0.717) is 34.1 Å². The van der Waals surface area contributed by atoms with Crippen molar-refractivity contribution in [2.45, 2.75) is 6.42 Å². The number of nitrogens with one attached hydrogen (secondary N) is 2. The zero-order chi connectivity index (χ0) is 20.8. The van der Waals surface area contributed by atoms with E-state index in [9.17, 15) is 9.59 Å². The summed E-state index contributed by atoms with van der Waals surface area (Å²) >= 11 is 11.9. The van der Waals surface area contributed by atoms with Crippen molar-refractivity contribution in [3.05, 3.63) is 93.5 Å². The normalized spacial score (nSPS) is 10.4. The molecule has 0 aliphatic heterocycles. The Morgan fingerprint density at radius 2 is 1.41 bits per heavy atom. The molecule has 3 aromatic carbocycles. The van der Waals surface area contributed by atoms with Crippen LogP contribution in [0, 0.1) is 0 Å². The van der Waals surface area contributed by atoms with Crippen LogP contribution in [0.2, 0.25) is 10.0 Å². The van der Waals surface area contributed by atoms with Crippen LogP contribution in [-0.4, -0.2) is 23.6 Å². The molecule has 0 radical (unpaired) electrons. The van der Waals surface area contributed by atoms with E-state index >= 15 is 0 Å². The van der Waals surface area contributed by atoms with Gasteiger partial charge in [-0.1, -0.05) is 53.5 Å². The standard InChI is InChI=1S/C22H18Cl2N2O3/c23-19-8-7-14(11-20(19)24)9-10-25-21(27)17-5-1-3-15(12-17)16-4-2-6-18(13-16)22(28)26-29/h1-8,11-13,29H,9-10H2,(H,25,27)(H,26,28). The van der Waals surface area contributed by atoms with Crippen LogP contribution in [0.1, 0.15) is 26.3 Å². The number of halogens is 2. The highest BCUT2D eigenvalue weighted by Crippen LogP contribution is 2.23. The first-order chi connectivity index (χ1) is 14.0. The third-order valence-electron chi connectivity index (χ3n) is 4.37. The highest BCUT2D eigenvalue weighted by Gasteiger charge is 2.09. The van der Waals surface area contributed by atoms with Crippen molar-refractivity contribution in [1.29, 1.82) is 0 Å². The summed E-state index contributed by atoms with van der Waals surface area (Å²) in [6.07, 6.45) is 0.626. The number of hydrogen-bond donors (Lipinski definition) is 3. The lowest BCUT2D eigenvalue weighted by Crippen LogP contribution is -2.25. The molecule has 3 rings (SSSR count). The first kappa shape index (κ1) is 20.9. The molecule has 0 heterocycles. The Kier molecular flexibility index (Phi) is 6.88. The van der Waals surface area contributed by atoms with E-state index in [4.69, 9.17) is 28.4 Å². The van der Waals surface area contributed by atoms with Crippen LogP contribution in [0.4, 0.5) is 0 Å². The molecule has 0 bridgehead atoms. The fraction of sp³-hybridized carbons (Fsp3) is 0.0909. The van der Waals surface area contributed by atoms with Crippen LogP contribution in [0.15, 0.2) is 66.7 Å². The van der Waals surface area contributed by atoms with Crippen molar-refractivity contribution in [3.63, 3.8) is 0 Å². The van der Waals surface area contributed by atoms with Gasteiger partial charge in [0.15, 0.2) is 0 Å². The van der Waals surface area contributed by atoms with E-state index in [1.54, 1.807) is 54.0 Å². The predicted molar refractivity (Wildman–Crippen MR) is 114 cm³/mol. The van der Waals surface area contributed by atoms with Crippen LogP contribution >= 0.6 is 23.2 Å². The minimum absolute atomic E-state index is 0.198. The van der Waals surface area contributed by atoms with Crippen molar-refractivity contribution in [2.24, 2.45) is 0 Å². The Morgan fingerprint density at radius 1 is 0.793 bits per heavy atom. The van der Waals surface area contributed by atoms with Gasteiger partial charge in [0, 0.05) is 17.7 Å². The first-order valence-electron chi connectivity index (χ1n) is 8.85. The van der Waals surface area contributed by atoms with Gasteiger partial charge in [-0.2, -0.15) is 0 Å². The molecule has 0 fully saturated rings. The molecule has 0 aromatic heterocycles. The molecular formula is C22H18Cl2N2O3. The lowest BCUT2D eigenvalue weighted by Gasteiger charge is -2.09. The smallest absolute Gasteiger partial charge is 0.274 e. The summed E-state index contributed by atoms with van der Waals surface area (Å²) in [4.78, 5) is 24.1. The number of hydroxylamine groups is 1. The summed E-state index contributed by atoms with van der Waals surface area (Å²) in [6.45, 7) is 0.452. The Bertz CT molecular complexity index is 1050. The molecule has 7 heteroatoms. The number of benzene rings is 3. The van der Waals surface area contributed by atoms with Crippen LogP contribution in [0.25, 0.3) is 11.1 Å².